The number of hydrogen-bond acceptors (Lipinski definition) is 9. The third-order valence-electron chi connectivity index (χ3n) is 8.06. The van der Waals surface area contributed by atoms with Crippen molar-refractivity contribution in [3.63, 3.8) is 0 Å². The molecule has 2 fully saturated rings. The number of allylic oxidation sites excluding steroid dienone is 1. The Labute approximate surface area is 279 Å². The summed E-state index contributed by atoms with van der Waals surface area (Å²) in [5.41, 5.74) is -2.28. The van der Waals surface area contributed by atoms with Gasteiger partial charge in [-0.25, -0.2) is 14.6 Å². The number of fused-ring (bicyclic) bond motifs is 1. The van der Waals surface area contributed by atoms with Crippen molar-refractivity contribution in [2.75, 3.05) is 25.2 Å². The molecule has 2 aliphatic rings. The van der Waals surface area contributed by atoms with Crippen LogP contribution < -0.4 is 20.1 Å². The zero-order valence-electron chi connectivity index (χ0n) is 27.3. The first-order chi connectivity index (χ1) is 22.3. The highest BCUT2D eigenvalue weighted by Gasteiger charge is 2.61. The number of carboxylic acids is 1. The fourth-order valence-electron chi connectivity index (χ4n) is 5.56. The number of likely N-dealkylation sites (tertiary alicyclic amines) is 1. The van der Waals surface area contributed by atoms with Gasteiger partial charge in [0, 0.05) is 29.7 Å². The van der Waals surface area contributed by atoms with Gasteiger partial charge in [-0.15, -0.1) is 13.2 Å². The molecule has 0 radical (unpaired) electrons. The van der Waals surface area contributed by atoms with Crippen LogP contribution in [0.15, 0.2) is 55.8 Å². The van der Waals surface area contributed by atoms with Crippen LogP contribution in [0, 0.1) is 5.92 Å². The SMILES string of the molecule is C=CCCCSCC(NC(=O)OC(C)(C)C)C(=O)N1CC(Oc2nccc3cc(OC)ccc23)CC1C(=O)NC1(C(=O)O)CC1C=C. The standard InChI is InChI=1S/C34H44N4O8S/c1-7-9-10-15-47-20-26(36-32(43)46-33(3,4)5)30(40)38-19-24(17-27(38)28(39)37-34(31(41)42)18-22(34)8-2)45-29-25-12-11-23(44-6)16-21(25)13-14-35-29/h7-8,11-14,16,22,24,26-27H,1-2,9-10,15,17-20H2,3-6H3,(H,36,43)(H,37,39)(H,41,42). The molecular formula is C34H44N4O8S. The molecule has 3 N–H and O–H groups in total. The van der Waals surface area contributed by atoms with E-state index in [0.29, 0.717) is 11.6 Å². The van der Waals surface area contributed by atoms with Crippen molar-refractivity contribution in [2.24, 2.45) is 5.92 Å². The third-order valence-corrected chi connectivity index (χ3v) is 9.21. The van der Waals surface area contributed by atoms with Gasteiger partial charge in [0.15, 0.2) is 0 Å². The number of alkyl carbamates (subject to hydrolysis) is 1. The predicted octanol–water partition coefficient (Wildman–Crippen LogP) is 4.33. The monoisotopic (exact) mass is 668 g/mol. The maximum absolute atomic E-state index is 14.2. The smallest absolute Gasteiger partial charge is 0.408 e. The number of benzene rings is 1. The Bertz CT molecular complexity index is 1510. The van der Waals surface area contributed by atoms with Gasteiger partial charge in [-0.1, -0.05) is 12.2 Å². The summed E-state index contributed by atoms with van der Waals surface area (Å²) in [6, 6.07) is 5.18. The lowest BCUT2D eigenvalue weighted by molar-refractivity contribution is -0.145. The van der Waals surface area contributed by atoms with Crippen molar-refractivity contribution in [2.45, 2.75) is 75.8 Å². The summed E-state index contributed by atoms with van der Waals surface area (Å²) in [5.74, 6) is -0.794. The van der Waals surface area contributed by atoms with Gasteiger partial charge in [0.2, 0.25) is 17.7 Å². The molecule has 12 nitrogen and oxygen atoms in total. The molecular weight excluding hydrogens is 624 g/mol. The van der Waals surface area contributed by atoms with Crippen LogP contribution in [0.3, 0.4) is 0 Å². The largest absolute Gasteiger partial charge is 0.497 e. The van der Waals surface area contributed by atoms with Crippen LogP contribution in [0.1, 0.15) is 46.5 Å². The van der Waals surface area contributed by atoms with Crippen LogP contribution in [-0.2, 0) is 19.1 Å². The number of methoxy groups -OCH3 is 1. The van der Waals surface area contributed by atoms with Crippen molar-refractivity contribution in [3.05, 3.63) is 55.8 Å². The van der Waals surface area contributed by atoms with Crippen LogP contribution >= 0.6 is 11.8 Å². The molecule has 1 aliphatic carbocycles. The first kappa shape index (κ1) is 35.6. The Balaban J connectivity index is 1.61. The van der Waals surface area contributed by atoms with Crippen molar-refractivity contribution in [1.82, 2.24) is 20.5 Å². The number of carboxylic acid groups (broad SMARTS) is 1. The normalized spacial score (nSPS) is 22.6. The average Bonchev–Trinajstić information content (AvgIpc) is 3.58. The lowest BCUT2D eigenvalue weighted by Gasteiger charge is -2.30. The number of rotatable bonds is 15. The third kappa shape index (κ3) is 8.76. The second kappa shape index (κ2) is 15.1. The maximum atomic E-state index is 14.2. The number of nitrogens with one attached hydrogen (secondary N) is 2. The molecule has 0 bridgehead atoms. The highest BCUT2D eigenvalue weighted by atomic mass is 32.2. The molecule has 1 aromatic heterocycles. The lowest BCUT2D eigenvalue weighted by Crippen LogP contribution is -2.57. The summed E-state index contributed by atoms with van der Waals surface area (Å²) in [5, 5.41) is 16.9. The van der Waals surface area contributed by atoms with Crippen LogP contribution in [-0.4, -0.2) is 93.4 Å². The first-order valence-corrected chi connectivity index (χ1v) is 16.7. The van der Waals surface area contributed by atoms with Crippen molar-refractivity contribution >= 4 is 46.4 Å². The predicted molar refractivity (Wildman–Crippen MR) is 180 cm³/mol. The number of nitrogens with zero attached hydrogens (tertiary/aromatic N) is 2. The van der Waals surface area contributed by atoms with E-state index in [9.17, 15) is 24.3 Å². The zero-order chi connectivity index (χ0) is 34.4. The van der Waals surface area contributed by atoms with Crippen LogP contribution in [0.4, 0.5) is 4.79 Å². The van der Waals surface area contributed by atoms with Crippen molar-refractivity contribution < 1.29 is 38.5 Å². The zero-order valence-corrected chi connectivity index (χ0v) is 28.1. The molecule has 2 heterocycles. The number of amides is 3. The van der Waals surface area contributed by atoms with Gasteiger partial charge in [-0.2, -0.15) is 11.8 Å². The molecule has 2 aromatic rings. The number of aromatic nitrogens is 1. The Hall–Kier alpha value is -4.26. The Morgan fingerprint density at radius 2 is 2.00 bits per heavy atom. The van der Waals surface area contributed by atoms with Crippen molar-refractivity contribution in [1.29, 1.82) is 0 Å². The molecule has 3 amide bonds. The van der Waals surface area contributed by atoms with Crippen LogP contribution in [0.5, 0.6) is 11.6 Å². The molecule has 5 unspecified atom stereocenters. The van der Waals surface area contributed by atoms with Gasteiger partial charge in [0.05, 0.1) is 13.7 Å². The highest BCUT2D eigenvalue weighted by molar-refractivity contribution is 7.99. The van der Waals surface area contributed by atoms with E-state index in [-0.39, 0.29) is 25.1 Å². The molecule has 13 heteroatoms. The molecule has 4 rings (SSSR count). The molecule has 254 valence electrons. The van der Waals surface area contributed by atoms with Crippen LogP contribution in [0.2, 0.25) is 0 Å². The average molecular weight is 669 g/mol. The van der Waals surface area contributed by atoms with E-state index in [1.54, 1.807) is 40.1 Å². The number of carbonyl (C=O) groups is 4. The van der Waals surface area contributed by atoms with Gasteiger partial charge in [-0.3, -0.25) is 9.59 Å². The molecule has 1 saturated heterocycles. The number of aliphatic carboxylic acids is 1. The summed E-state index contributed by atoms with van der Waals surface area (Å²) >= 11 is 1.49. The second-order valence-electron chi connectivity index (χ2n) is 12.7. The summed E-state index contributed by atoms with van der Waals surface area (Å²) in [6.45, 7) is 12.6. The summed E-state index contributed by atoms with van der Waals surface area (Å²) < 4.78 is 17.1. The molecule has 5 atom stereocenters. The Morgan fingerprint density at radius 1 is 1.23 bits per heavy atom. The lowest BCUT2D eigenvalue weighted by atomic mass is 10.1. The summed E-state index contributed by atoms with van der Waals surface area (Å²) in [4.78, 5) is 58.8. The molecule has 47 heavy (non-hydrogen) atoms. The van der Waals surface area contributed by atoms with E-state index >= 15 is 0 Å². The quantitative estimate of drug-likeness (QED) is 0.184. The number of unbranched alkanes of at least 4 members (excludes halogenated alkanes) is 1. The molecule has 1 aliphatic heterocycles. The Kier molecular flexibility index (Phi) is 11.4. The van der Waals surface area contributed by atoms with Gasteiger partial charge in [-0.05, 0) is 75.4 Å². The van der Waals surface area contributed by atoms with E-state index in [0.717, 1.165) is 29.4 Å². The minimum atomic E-state index is -1.49. The molecule has 1 aromatic carbocycles. The Morgan fingerprint density at radius 3 is 2.64 bits per heavy atom. The minimum Gasteiger partial charge on any atom is -0.497 e. The van der Waals surface area contributed by atoms with E-state index in [4.69, 9.17) is 14.2 Å². The fraction of sp³-hybridized carbons (Fsp3) is 0.500. The molecule has 1 saturated carbocycles. The van der Waals surface area contributed by atoms with E-state index in [1.165, 1.54) is 22.7 Å². The number of ether oxygens (including phenoxy) is 3. The number of hydrogen-bond donors (Lipinski definition) is 3. The maximum Gasteiger partial charge on any atom is 0.408 e. The van der Waals surface area contributed by atoms with E-state index in [2.05, 4.69) is 28.8 Å². The second-order valence-corrected chi connectivity index (χ2v) is 13.9. The topological polar surface area (TPSA) is 156 Å². The number of thioether (sulfide) groups is 1. The van der Waals surface area contributed by atoms with Gasteiger partial charge in [0.25, 0.3) is 0 Å². The van der Waals surface area contributed by atoms with Gasteiger partial charge in [0.1, 0.15) is 35.1 Å². The summed E-state index contributed by atoms with van der Waals surface area (Å²) in [6.07, 6.45) is 5.43. The highest BCUT2D eigenvalue weighted by Crippen LogP contribution is 2.45. The van der Waals surface area contributed by atoms with Crippen molar-refractivity contribution in [3.8, 4) is 11.6 Å². The first-order valence-electron chi connectivity index (χ1n) is 15.6. The van der Waals surface area contributed by atoms with E-state index in [1.807, 2.05) is 24.3 Å². The minimum absolute atomic E-state index is 0.00370. The number of pyridine rings is 1. The van der Waals surface area contributed by atoms with E-state index < -0.39 is 59.1 Å². The number of carbonyl (C=O) groups excluding carboxylic acids is 3. The van der Waals surface area contributed by atoms with Gasteiger partial charge < -0.3 is 34.9 Å². The summed E-state index contributed by atoms with van der Waals surface area (Å²) in [7, 11) is 1.58. The fourth-order valence-corrected chi connectivity index (χ4v) is 6.56. The van der Waals surface area contributed by atoms with Gasteiger partial charge >= 0.3 is 12.1 Å². The molecule has 0 spiro atoms. The van der Waals surface area contributed by atoms with Crippen LogP contribution in [0.25, 0.3) is 10.8 Å².